The standard InChI is InChI=1S/C14H22N2O3/c1-10(17)12-9-16(8-6-11(12)5-7-15)13(18)19-14(2,3)4/h11-12H,5-6,8-9H2,1-4H3. The van der Waals surface area contributed by atoms with Gasteiger partial charge in [-0.05, 0) is 40.0 Å². The molecular weight excluding hydrogens is 244 g/mol. The summed E-state index contributed by atoms with van der Waals surface area (Å²) in [6.07, 6.45) is 0.665. The van der Waals surface area contributed by atoms with E-state index < -0.39 is 5.60 Å². The lowest BCUT2D eigenvalue weighted by molar-refractivity contribution is -0.124. The Morgan fingerprint density at radius 3 is 2.53 bits per heavy atom. The monoisotopic (exact) mass is 266 g/mol. The molecule has 0 N–H and O–H groups in total. The molecule has 0 aromatic heterocycles. The van der Waals surface area contributed by atoms with Gasteiger partial charge in [0.2, 0.25) is 0 Å². The highest BCUT2D eigenvalue weighted by molar-refractivity contribution is 5.80. The highest BCUT2D eigenvalue weighted by Gasteiger charge is 2.35. The highest BCUT2D eigenvalue weighted by atomic mass is 16.6. The summed E-state index contributed by atoms with van der Waals surface area (Å²) in [5.41, 5.74) is -0.535. The van der Waals surface area contributed by atoms with Crippen molar-refractivity contribution >= 4 is 11.9 Å². The van der Waals surface area contributed by atoms with Crippen LogP contribution in [0.1, 0.15) is 40.5 Å². The fraction of sp³-hybridized carbons (Fsp3) is 0.786. The number of carbonyl (C=O) groups is 2. The van der Waals surface area contributed by atoms with Gasteiger partial charge < -0.3 is 9.64 Å². The maximum Gasteiger partial charge on any atom is 0.410 e. The number of amides is 1. The molecule has 0 saturated carbocycles. The Kier molecular flexibility index (Phi) is 4.93. The van der Waals surface area contributed by atoms with Crippen LogP contribution < -0.4 is 0 Å². The zero-order valence-corrected chi connectivity index (χ0v) is 12.1. The molecule has 0 bridgehead atoms. The number of piperidine rings is 1. The van der Waals surface area contributed by atoms with Gasteiger partial charge >= 0.3 is 6.09 Å². The molecule has 1 rings (SSSR count). The summed E-state index contributed by atoms with van der Waals surface area (Å²) in [5.74, 6) is -0.157. The van der Waals surface area contributed by atoms with Gasteiger partial charge in [-0.15, -0.1) is 0 Å². The molecule has 1 aliphatic rings. The van der Waals surface area contributed by atoms with Crippen LogP contribution in [-0.2, 0) is 9.53 Å². The zero-order valence-electron chi connectivity index (χ0n) is 12.1. The summed E-state index contributed by atoms with van der Waals surface area (Å²) >= 11 is 0. The number of Topliss-reactive ketones (excluding diaryl/α,β-unsaturated/α-hetero) is 1. The van der Waals surface area contributed by atoms with Crippen molar-refractivity contribution in [2.45, 2.75) is 46.1 Å². The summed E-state index contributed by atoms with van der Waals surface area (Å²) in [4.78, 5) is 25.2. The average Bonchev–Trinajstić information content (AvgIpc) is 2.27. The minimum atomic E-state index is -0.535. The fourth-order valence-electron chi connectivity index (χ4n) is 2.31. The minimum Gasteiger partial charge on any atom is -0.444 e. The molecule has 0 aromatic carbocycles. The maximum atomic E-state index is 12.0. The van der Waals surface area contributed by atoms with Crippen molar-refractivity contribution in [2.24, 2.45) is 11.8 Å². The van der Waals surface area contributed by atoms with E-state index in [0.717, 1.165) is 0 Å². The van der Waals surface area contributed by atoms with Crippen molar-refractivity contribution < 1.29 is 14.3 Å². The first kappa shape index (κ1) is 15.5. The maximum absolute atomic E-state index is 12.0. The molecule has 0 aromatic rings. The average molecular weight is 266 g/mol. The number of rotatable bonds is 2. The van der Waals surface area contributed by atoms with Crippen LogP contribution in [0.25, 0.3) is 0 Å². The van der Waals surface area contributed by atoms with E-state index in [4.69, 9.17) is 10.00 Å². The van der Waals surface area contributed by atoms with Crippen molar-refractivity contribution in [3.05, 3.63) is 0 Å². The summed E-state index contributed by atoms with van der Waals surface area (Å²) in [5, 5.41) is 8.78. The van der Waals surface area contributed by atoms with Crippen LogP contribution >= 0.6 is 0 Å². The number of nitriles is 1. The number of hydrogen-bond donors (Lipinski definition) is 0. The van der Waals surface area contributed by atoms with Gasteiger partial charge in [-0.2, -0.15) is 5.26 Å². The van der Waals surface area contributed by atoms with E-state index in [9.17, 15) is 9.59 Å². The molecule has 0 radical (unpaired) electrons. The molecule has 1 saturated heterocycles. The summed E-state index contributed by atoms with van der Waals surface area (Å²) < 4.78 is 5.31. The van der Waals surface area contributed by atoms with E-state index in [1.165, 1.54) is 6.92 Å². The Morgan fingerprint density at radius 1 is 1.42 bits per heavy atom. The quantitative estimate of drug-likeness (QED) is 0.769. The van der Waals surface area contributed by atoms with Crippen molar-refractivity contribution in [2.75, 3.05) is 13.1 Å². The molecule has 1 amide bonds. The van der Waals surface area contributed by atoms with Crippen LogP contribution in [0.15, 0.2) is 0 Å². The topological polar surface area (TPSA) is 70.4 Å². The Bertz CT molecular complexity index is 392. The van der Waals surface area contributed by atoms with E-state index in [2.05, 4.69) is 6.07 Å². The molecule has 0 aliphatic carbocycles. The number of nitrogens with zero attached hydrogens (tertiary/aromatic N) is 2. The predicted molar refractivity (Wildman–Crippen MR) is 70.3 cm³/mol. The third kappa shape index (κ3) is 4.55. The Morgan fingerprint density at radius 2 is 2.05 bits per heavy atom. The van der Waals surface area contributed by atoms with Gasteiger partial charge in [0.15, 0.2) is 0 Å². The first-order chi connectivity index (χ1) is 8.74. The van der Waals surface area contributed by atoms with Crippen molar-refractivity contribution in [3.63, 3.8) is 0 Å². The normalized spacial score (nSPS) is 23.6. The fourth-order valence-corrected chi connectivity index (χ4v) is 2.31. The minimum absolute atomic E-state index is 0.0357. The van der Waals surface area contributed by atoms with Gasteiger partial charge in [0.25, 0.3) is 0 Å². The lowest BCUT2D eigenvalue weighted by Crippen LogP contribution is -2.47. The smallest absolute Gasteiger partial charge is 0.410 e. The molecule has 5 heteroatoms. The summed E-state index contributed by atoms with van der Waals surface area (Å²) in [6.45, 7) is 7.87. The number of carbonyl (C=O) groups excluding carboxylic acids is 2. The second-order valence-electron chi connectivity index (χ2n) is 6.05. The van der Waals surface area contributed by atoms with Crippen molar-refractivity contribution in [3.8, 4) is 6.07 Å². The highest BCUT2D eigenvalue weighted by Crippen LogP contribution is 2.28. The molecule has 5 nitrogen and oxygen atoms in total. The lowest BCUT2D eigenvalue weighted by Gasteiger charge is -2.37. The summed E-state index contributed by atoms with van der Waals surface area (Å²) in [7, 11) is 0. The Balaban J connectivity index is 2.69. The molecule has 19 heavy (non-hydrogen) atoms. The Hall–Kier alpha value is -1.57. The largest absolute Gasteiger partial charge is 0.444 e. The first-order valence-electron chi connectivity index (χ1n) is 6.60. The molecule has 1 aliphatic heterocycles. The van der Waals surface area contributed by atoms with Gasteiger partial charge in [-0.3, -0.25) is 4.79 Å². The van der Waals surface area contributed by atoms with Gasteiger partial charge in [0.05, 0.1) is 6.07 Å². The number of ether oxygens (including phenoxy) is 1. The van der Waals surface area contributed by atoms with Gasteiger partial charge in [-0.25, -0.2) is 4.79 Å². The third-order valence-corrected chi connectivity index (χ3v) is 3.28. The van der Waals surface area contributed by atoms with Crippen molar-refractivity contribution in [1.29, 1.82) is 5.26 Å². The van der Waals surface area contributed by atoms with Crippen LogP contribution in [-0.4, -0.2) is 35.5 Å². The molecule has 2 unspecified atom stereocenters. The van der Waals surface area contributed by atoms with Crippen LogP contribution in [0, 0.1) is 23.2 Å². The summed E-state index contributed by atoms with van der Waals surface area (Å²) in [6, 6.07) is 2.12. The van der Waals surface area contributed by atoms with Gasteiger partial charge in [0, 0.05) is 25.4 Å². The lowest BCUT2D eigenvalue weighted by atomic mass is 9.81. The van der Waals surface area contributed by atoms with E-state index in [1.807, 2.05) is 20.8 Å². The van der Waals surface area contributed by atoms with Crippen molar-refractivity contribution in [1.82, 2.24) is 4.90 Å². The van der Waals surface area contributed by atoms with E-state index in [0.29, 0.717) is 25.9 Å². The molecule has 106 valence electrons. The third-order valence-electron chi connectivity index (χ3n) is 3.28. The van der Waals surface area contributed by atoms with Gasteiger partial charge in [-0.1, -0.05) is 0 Å². The van der Waals surface area contributed by atoms with Crippen LogP contribution in [0.4, 0.5) is 4.79 Å². The second-order valence-corrected chi connectivity index (χ2v) is 6.05. The molecule has 0 spiro atoms. The number of likely N-dealkylation sites (tertiary alicyclic amines) is 1. The van der Waals surface area contributed by atoms with Crippen LogP contribution in [0.2, 0.25) is 0 Å². The second kappa shape index (κ2) is 6.05. The van der Waals surface area contributed by atoms with E-state index in [1.54, 1.807) is 4.90 Å². The zero-order chi connectivity index (χ0) is 14.6. The number of hydrogen-bond acceptors (Lipinski definition) is 4. The molecule has 1 heterocycles. The molecular formula is C14H22N2O3. The number of ketones is 1. The van der Waals surface area contributed by atoms with Gasteiger partial charge in [0.1, 0.15) is 11.4 Å². The molecule has 1 fully saturated rings. The SMILES string of the molecule is CC(=O)C1CN(C(=O)OC(C)(C)C)CCC1CC#N. The first-order valence-corrected chi connectivity index (χ1v) is 6.60. The van der Waals surface area contributed by atoms with Crippen LogP contribution in [0.3, 0.4) is 0 Å². The Labute approximate surface area is 114 Å². The van der Waals surface area contributed by atoms with Crippen LogP contribution in [0.5, 0.6) is 0 Å². The van der Waals surface area contributed by atoms with E-state index >= 15 is 0 Å². The van der Waals surface area contributed by atoms with E-state index in [-0.39, 0.29) is 23.7 Å². The molecule has 2 atom stereocenters. The predicted octanol–water partition coefficient (Wildman–Crippen LogP) is 2.36.